The summed E-state index contributed by atoms with van der Waals surface area (Å²) in [6, 6.07) is 16.7. The van der Waals surface area contributed by atoms with Gasteiger partial charge in [-0.25, -0.2) is 27.0 Å². The van der Waals surface area contributed by atoms with Crippen LogP contribution < -0.4 is 30.1 Å². The number of pyridine rings is 1. The number of nitrogens with zero attached hydrogens (tertiary/aromatic N) is 3. The molecule has 0 spiro atoms. The maximum Gasteiger partial charge on any atom is 0.326 e. The van der Waals surface area contributed by atoms with E-state index in [-0.39, 0.29) is 29.7 Å². The van der Waals surface area contributed by atoms with Crippen LogP contribution >= 0.6 is 12.4 Å². The van der Waals surface area contributed by atoms with Crippen LogP contribution in [0.5, 0.6) is 17.4 Å². The van der Waals surface area contributed by atoms with Gasteiger partial charge >= 0.3 is 6.03 Å². The van der Waals surface area contributed by atoms with Crippen molar-refractivity contribution >= 4 is 51.4 Å². The van der Waals surface area contributed by atoms with Gasteiger partial charge in [0, 0.05) is 55.4 Å². The third kappa shape index (κ3) is 9.78. The van der Waals surface area contributed by atoms with E-state index in [0.29, 0.717) is 61.2 Å². The second-order valence-corrected chi connectivity index (χ2v) is 12.9. The molecule has 1 aliphatic heterocycles. The lowest BCUT2D eigenvalue weighted by Crippen LogP contribution is -2.49. The minimum atomic E-state index is -3.45. The number of urea groups is 1. The lowest BCUT2D eigenvalue weighted by molar-refractivity contribution is 0.0996. The molecule has 5 rings (SSSR count). The number of sulfonamides is 1. The van der Waals surface area contributed by atoms with Crippen molar-refractivity contribution in [2.75, 3.05) is 41.4 Å². The van der Waals surface area contributed by atoms with E-state index >= 15 is 0 Å². The van der Waals surface area contributed by atoms with Gasteiger partial charge in [-0.15, -0.1) is 12.4 Å². The van der Waals surface area contributed by atoms with Gasteiger partial charge < -0.3 is 20.5 Å². The Bertz CT molecular complexity index is 1910. The van der Waals surface area contributed by atoms with Gasteiger partial charge in [-0.3, -0.25) is 19.3 Å². The summed E-state index contributed by atoms with van der Waals surface area (Å²) >= 11 is 0. The second kappa shape index (κ2) is 15.9. The summed E-state index contributed by atoms with van der Waals surface area (Å²) < 4.78 is 64.9. The molecular weight excluding hydrogens is 682 g/mol. The molecule has 1 fully saturated rings. The standard InChI is InChI=1S/C33H34F2N6O6S.ClH/c1-46-30-18-24(39-48(2,44)45)8-10-29(30)47-31-11-6-21(19-37-31)20-40-14-12-25(13-15-40)41(26-5-3-4-22(34)16-26)33(43)38-23-7-9-28(35)27(17-23)32(36)42;/h3-11,16-19,25,39H,12-15,20H2,1-2H3,(H2,36,42)(H,38,43);1H. The van der Waals surface area contributed by atoms with Crippen molar-refractivity contribution in [2.24, 2.45) is 5.73 Å². The molecule has 260 valence electrons. The van der Waals surface area contributed by atoms with Crippen molar-refractivity contribution in [1.82, 2.24) is 9.88 Å². The zero-order valence-corrected chi connectivity index (χ0v) is 28.2. The average Bonchev–Trinajstić information content (AvgIpc) is 3.04. The summed E-state index contributed by atoms with van der Waals surface area (Å²) in [6.45, 7) is 1.86. The normalized spacial score (nSPS) is 13.6. The van der Waals surface area contributed by atoms with Crippen LogP contribution in [0.25, 0.3) is 0 Å². The van der Waals surface area contributed by atoms with Crippen molar-refractivity contribution in [1.29, 1.82) is 0 Å². The highest BCUT2D eigenvalue weighted by Gasteiger charge is 2.30. The lowest BCUT2D eigenvalue weighted by Gasteiger charge is -2.38. The summed E-state index contributed by atoms with van der Waals surface area (Å²) in [5.74, 6) is -1.26. The number of aromatic nitrogens is 1. The minimum absolute atomic E-state index is 0. The molecule has 2 heterocycles. The van der Waals surface area contributed by atoms with Crippen LogP contribution in [0.2, 0.25) is 0 Å². The number of hydrogen-bond acceptors (Lipinski definition) is 8. The molecule has 0 atom stereocenters. The molecule has 1 aliphatic rings. The van der Waals surface area contributed by atoms with Crippen LogP contribution in [0.1, 0.15) is 28.8 Å². The fourth-order valence-corrected chi connectivity index (χ4v) is 5.95. The number of halogens is 3. The number of methoxy groups -OCH3 is 1. The van der Waals surface area contributed by atoms with Gasteiger partial charge in [0.2, 0.25) is 15.9 Å². The number of nitrogens with one attached hydrogen (secondary N) is 2. The predicted molar refractivity (Wildman–Crippen MR) is 184 cm³/mol. The number of piperidine rings is 1. The van der Waals surface area contributed by atoms with Crippen molar-refractivity contribution in [3.8, 4) is 17.4 Å². The Balaban J connectivity index is 0.00000541. The van der Waals surface area contributed by atoms with E-state index in [1.807, 2.05) is 6.07 Å². The van der Waals surface area contributed by atoms with E-state index in [2.05, 4.69) is 19.9 Å². The summed E-state index contributed by atoms with van der Waals surface area (Å²) in [7, 11) is -2.01. The molecule has 4 N–H and O–H groups in total. The molecule has 0 radical (unpaired) electrons. The maximum atomic E-state index is 14.2. The quantitative estimate of drug-likeness (QED) is 0.177. The third-order valence-corrected chi connectivity index (χ3v) is 8.20. The highest BCUT2D eigenvalue weighted by molar-refractivity contribution is 7.92. The van der Waals surface area contributed by atoms with Crippen LogP contribution in [-0.4, -0.2) is 62.7 Å². The van der Waals surface area contributed by atoms with Crippen LogP contribution in [0.4, 0.5) is 30.6 Å². The molecule has 0 aliphatic carbocycles. The number of amides is 3. The van der Waals surface area contributed by atoms with Crippen LogP contribution in [0.3, 0.4) is 0 Å². The number of likely N-dealkylation sites (tertiary alicyclic amines) is 1. The Hall–Kier alpha value is -4.99. The van der Waals surface area contributed by atoms with E-state index in [1.54, 1.807) is 30.5 Å². The monoisotopic (exact) mass is 716 g/mol. The second-order valence-electron chi connectivity index (χ2n) is 11.2. The van der Waals surface area contributed by atoms with Crippen LogP contribution in [0, 0.1) is 11.6 Å². The van der Waals surface area contributed by atoms with Crippen LogP contribution in [0.15, 0.2) is 79.0 Å². The number of benzene rings is 3. The Morgan fingerprint density at radius 1 is 1.00 bits per heavy atom. The first-order valence-electron chi connectivity index (χ1n) is 14.8. The van der Waals surface area contributed by atoms with Gasteiger partial charge in [-0.2, -0.15) is 0 Å². The molecule has 16 heteroatoms. The van der Waals surface area contributed by atoms with Gasteiger partial charge in [0.05, 0.1) is 24.6 Å². The van der Waals surface area contributed by atoms with Crippen molar-refractivity contribution in [3.63, 3.8) is 0 Å². The lowest BCUT2D eigenvalue weighted by atomic mass is 10.0. The zero-order chi connectivity index (χ0) is 34.4. The van der Waals surface area contributed by atoms with Gasteiger partial charge in [-0.1, -0.05) is 12.1 Å². The number of carbonyl (C=O) groups is 2. The number of nitrogens with two attached hydrogens (primary N) is 1. The topological polar surface area (TPSA) is 156 Å². The number of rotatable bonds is 11. The predicted octanol–water partition coefficient (Wildman–Crippen LogP) is 5.76. The number of primary amides is 1. The summed E-state index contributed by atoms with van der Waals surface area (Å²) in [5, 5.41) is 2.69. The summed E-state index contributed by atoms with van der Waals surface area (Å²) in [6.07, 6.45) is 3.92. The van der Waals surface area contributed by atoms with E-state index in [9.17, 15) is 26.8 Å². The fraction of sp³-hybridized carbons (Fsp3) is 0.242. The van der Waals surface area contributed by atoms with Crippen molar-refractivity contribution < 1.29 is 36.3 Å². The van der Waals surface area contributed by atoms with E-state index < -0.39 is 33.6 Å². The highest BCUT2D eigenvalue weighted by atomic mass is 35.5. The summed E-state index contributed by atoms with van der Waals surface area (Å²) in [5.41, 5.74) is 6.70. The largest absolute Gasteiger partial charge is 0.493 e. The highest BCUT2D eigenvalue weighted by Crippen LogP contribution is 2.34. The molecule has 1 aromatic heterocycles. The molecule has 3 amide bonds. The average molecular weight is 717 g/mol. The number of anilines is 3. The van der Waals surface area contributed by atoms with E-state index in [4.69, 9.17) is 15.2 Å². The number of ether oxygens (including phenoxy) is 2. The van der Waals surface area contributed by atoms with E-state index in [1.165, 1.54) is 42.3 Å². The molecule has 0 unspecified atom stereocenters. The van der Waals surface area contributed by atoms with Crippen LogP contribution in [-0.2, 0) is 16.6 Å². The van der Waals surface area contributed by atoms with Gasteiger partial charge in [0.25, 0.3) is 5.91 Å². The van der Waals surface area contributed by atoms with E-state index in [0.717, 1.165) is 24.0 Å². The number of carbonyl (C=O) groups excluding carboxylic acids is 2. The van der Waals surface area contributed by atoms with Gasteiger partial charge in [0.1, 0.15) is 11.6 Å². The minimum Gasteiger partial charge on any atom is -0.493 e. The molecular formula is C33H35ClF2N6O6S. The smallest absolute Gasteiger partial charge is 0.326 e. The number of hydrogen-bond donors (Lipinski definition) is 3. The zero-order valence-electron chi connectivity index (χ0n) is 26.6. The molecule has 49 heavy (non-hydrogen) atoms. The first-order chi connectivity index (χ1) is 22.9. The SMILES string of the molecule is COc1cc(NS(C)(=O)=O)ccc1Oc1ccc(CN2CCC(N(C(=O)Nc3ccc(F)c(C(N)=O)c3)c3cccc(F)c3)CC2)cn1.Cl. The molecule has 12 nitrogen and oxygen atoms in total. The fourth-order valence-electron chi connectivity index (χ4n) is 5.40. The molecule has 3 aromatic carbocycles. The Kier molecular flexibility index (Phi) is 12.0. The maximum absolute atomic E-state index is 14.2. The molecule has 4 aromatic rings. The molecule has 0 bridgehead atoms. The first-order valence-corrected chi connectivity index (χ1v) is 16.7. The Morgan fingerprint density at radius 3 is 2.37 bits per heavy atom. The van der Waals surface area contributed by atoms with Gasteiger partial charge in [0.15, 0.2) is 11.5 Å². The first kappa shape index (κ1) is 36.8. The third-order valence-electron chi connectivity index (χ3n) is 7.60. The Labute approximate surface area is 288 Å². The summed E-state index contributed by atoms with van der Waals surface area (Å²) in [4.78, 5) is 33.3. The molecule has 1 saturated heterocycles. The van der Waals surface area contributed by atoms with Crippen molar-refractivity contribution in [3.05, 3.63) is 102 Å². The van der Waals surface area contributed by atoms with Gasteiger partial charge in [-0.05, 0) is 66.9 Å². The Morgan fingerprint density at radius 2 is 1.73 bits per heavy atom. The molecule has 0 saturated carbocycles. The van der Waals surface area contributed by atoms with Crippen molar-refractivity contribution in [2.45, 2.75) is 25.4 Å².